The van der Waals surface area contributed by atoms with Crippen molar-refractivity contribution >= 4 is 32.9 Å². The number of alkyl halides is 3. The zero-order chi connectivity index (χ0) is 26.3. The molecule has 0 unspecified atom stereocenters. The maximum Gasteiger partial charge on any atom is 0.453 e. The number of halogens is 4. The number of para-hydroxylation sites is 1. The summed E-state index contributed by atoms with van der Waals surface area (Å²) in [5.74, 6) is -3.37. The molecular formula is C27H20BrF3O5. The van der Waals surface area contributed by atoms with E-state index >= 15 is 0 Å². The minimum atomic E-state index is -5.02. The van der Waals surface area contributed by atoms with Crippen LogP contribution in [0.3, 0.4) is 0 Å². The average Bonchev–Trinajstić information content (AvgIpc) is 2.80. The van der Waals surface area contributed by atoms with Crippen LogP contribution < -0.4 is 14.9 Å². The summed E-state index contributed by atoms with van der Waals surface area (Å²) >= 11 is 3.18. The lowest BCUT2D eigenvalue weighted by atomic mass is 9.87. The fourth-order valence-corrected chi connectivity index (χ4v) is 3.77. The van der Waals surface area contributed by atoms with Crippen molar-refractivity contribution in [1.82, 2.24) is 0 Å². The molecule has 0 fully saturated rings. The highest BCUT2D eigenvalue weighted by molar-refractivity contribution is 9.10. The number of fused-ring (bicyclic) bond motifs is 1. The highest BCUT2D eigenvalue weighted by Gasteiger charge is 2.40. The summed E-state index contributed by atoms with van der Waals surface area (Å²) < 4.78 is 57.5. The highest BCUT2D eigenvalue weighted by atomic mass is 79.9. The van der Waals surface area contributed by atoms with Gasteiger partial charge in [0, 0.05) is 6.07 Å². The van der Waals surface area contributed by atoms with Gasteiger partial charge in [-0.1, -0.05) is 45.0 Å². The summed E-state index contributed by atoms with van der Waals surface area (Å²) in [6.45, 7) is 6.11. The lowest BCUT2D eigenvalue weighted by Gasteiger charge is -2.18. The molecule has 9 heteroatoms. The molecule has 4 rings (SSSR count). The molecule has 0 aliphatic rings. The maximum atomic E-state index is 13.8. The molecular weight excluding hydrogens is 541 g/mol. The number of carbonyl (C=O) groups excluding carboxylic acids is 1. The Kier molecular flexibility index (Phi) is 6.70. The fourth-order valence-electron chi connectivity index (χ4n) is 3.41. The van der Waals surface area contributed by atoms with Crippen LogP contribution in [0.1, 0.15) is 42.5 Å². The van der Waals surface area contributed by atoms with Crippen LogP contribution >= 0.6 is 15.9 Å². The molecule has 5 nitrogen and oxygen atoms in total. The van der Waals surface area contributed by atoms with Gasteiger partial charge in [0.15, 0.2) is 0 Å². The van der Waals surface area contributed by atoms with E-state index in [1.54, 1.807) is 42.5 Å². The standard InChI is InChI=1S/C27H20BrF3O5/c1-26(2,3)16-10-8-15(9-11-16)25(33)34-17-12-13-18-21(14-17)36-24(27(29,30)31)23(22(18)32)35-20-7-5-4-6-19(20)28/h4-14H,1-3H3. The van der Waals surface area contributed by atoms with Crippen LogP contribution in [0.2, 0.25) is 0 Å². The molecule has 3 aromatic carbocycles. The van der Waals surface area contributed by atoms with E-state index < -0.39 is 34.7 Å². The van der Waals surface area contributed by atoms with Crippen LogP contribution in [0.4, 0.5) is 13.2 Å². The predicted molar refractivity (Wildman–Crippen MR) is 132 cm³/mol. The normalized spacial score (nSPS) is 12.0. The lowest BCUT2D eigenvalue weighted by molar-refractivity contribution is -0.154. The number of esters is 1. The van der Waals surface area contributed by atoms with E-state index in [1.165, 1.54) is 18.2 Å². The first kappa shape index (κ1) is 25.5. The summed E-state index contributed by atoms with van der Waals surface area (Å²) in [5.41, 5.74) is -0.243. The first-order valence-electron chi connectivity index (χ1n) is 10.8. The first-order chi connectivity index (χ1) is 16.8. The Morgan fingerprint density at radius 2 is 1.61 bits per heavy atom. The summed E-state index contributed by atoms with van der Waals surface area (Å²) in [7, 11) is 0. The Labute approximate surface area is 212 Å². The number of hydrogen-bond donors (Lipinski definition) is 0. The van der Waals surface area contributed by atoms with Crippen LogP contribution in [-0.4, -0.2) is 5.97 Å². The molecule has 36 heavy (non-hydrogen) atoms. The van der Waals surface area contributed by atoms with Gasteiger partial charge in [-0.25, -0.2) is 4.79 Å². The van der Waals surface area contributed by atoms with Gasteiger partial charge < -0.3 is 13.9 Å². The van der Waals surface area contributed by atoms with Crippen LogP contribution in [0, 0.1) is 0 Å². The minimum absolute atomic E-state index is 0.0117. The molecule has 0 saturated carbocycles. The van der Waals surface area contributed by atoms with Crippen molar-refractivity contribution in [2.45, 2.75) is 32.4 Å². The molecule has 0 aliphatic carbocycles. The van der Waals surface area contributed by atoms with E-state index in [2.05, 4.69) is 15.9 Å². The van der Waals surface area contributed by atoms with E-state index in [1.807, 2.05) is 20.8 Å². The van der Waals surface area contributed by atoms with Gasteiger partial charge in [0.25, 0.3) is 5.76 Å². The number of rotatable bonds is 4. The molecule has 186 valence electrons. The zero-order valence-corrected chi connectivity index (χ0v) is 21.0. The second-order valence-electron chi connectivity index (χ2n) is 8.99. The Morgan fingerprint density at radius 1 is 0.944 bits per heavy atom. The Hall–Kier alpha value is -3.59. The molecule has 0 aliphatic heterocycles. The topological polar surface area (TPSA) is 65.7 Å². The second-order valence-corrected chi connectivity index (χ2v) is 9.85. The van der Waals surface area contributed by atoms with Gasteiger partial charge in [-0.05, 0) is 63.3 Å². The monoisotopic (exact) mass is 560 g/mol. The molecule has 0 radical (unpaired) electrons. The number of carbonyl (C=O) groups is 1. The van der Waals surface area contributed by atoms with Crippen molar-refractivity contribution in [3.63, 3.8) is 0 Å². The molecule has 0 N–H and O–H groups in total. The summed E-state index contributed by atoms with van der Waals surface area (Å²) in [6.07, 6.45) is -5.02. The van der Waals surface area contributed by atoms with Gasteiger partial charge in [-0.2, -0.15) is 13.2 Å². The van der Waals surface area contributed by atoms with Crippen LogP contribution in [0.5, 0.6) is 17.2 Å². The van der Waals surface area contributed by atoms with Crippen LogP contribution in [0.25, 0.3) is 11.0 Å². The minimum Gasteiger partial charge on any atom is -0.448 e. The molecule has 0 bridgehead atoms. The first-order valence-corrected chi connectivity index (χ1v) is 11.6. The number of benzene rings is 3. The quantitative estimate of drug-likeness (QED) is 0.187. The van der Waals surface area contributed by atoms with Gasteiger partial charge in [0.2, 0.25) is 11.2 Å². The maximum absolute atomic E-state index is 13.8. The molecule has 0 spiro atoms. The van der Waals surface area contributed by atoms with Crippen molar-refractivity contribution in [1.29, 1.82) is 0 Å². The van der Waals surface area contributed by atoms with E-state index in [4.69, 9.17) is 13.9 Å². The molecule has 0 amide bonds. The van der Waals surface area contributed by atoms with Gasteiger partial charge >= 0.3 is 12.1 Å². The Balaban J connectivity index is 1.70. The predicted octanol–water partition coefficient (Wildman–Crippen LogP) is 7.88. The number of ether oxygens (including phenoxy) is 2. The molecule has 0 atom stereocenters. The van der Waals surface area contributed by atoms with Crippen LogP contribution in [-0.2, 0) is 11.6 Å². The van der Waals surface area contributed by atoms with Crippen molar-refractivity contribution in [2.75, 3.05) is 0 Å². The lowest BCUT2D eigenvalue weighted by Crippen LogP contribution is -2.16. The summed E-state index contributed by atoms with van der Waals surface area (Å²) in [4.78, 5) is 25.5. The summed E-state index contributed by atoms with van der Waals surface area (Å²) in [6, 6.07) is 16.6. The van der Waals surface area contributed by atoms with E-state index in [9.17, 15) is 22.8 Å². The second kappa shape index (κ2) is 9.46. The Morgan fingerprint density at radius 3 is 2.22 bits per heavy atom. The molecule has 0 saturated heterocycles. The molecule has 1 aromatic heterocycles. The number of hydrogen-bond acceptors (Lipinski definition) is 5. The van der Waals surface area contributed by atoms with Crippen molar-refractivity contribution < 1.29 is 31.9 Å². The van der Waals surface area contributed by atoms with Gasteiger partial charge in [-0.3, -0.25) is 4.79 Å². The van der Waals surface area contributed by atoms with E-state index in [0.717, 1.165) is 11.6 Å². The van der Waals surface area contributed by atoms with Crippen molar-refractivity contribution in [3.05, 3.63) is 98.3 Å². The molecule has 4 aromatic rings. The van der Waals surface area contributed by atoms with Gasteiger partial charge in [0.1, 0.15) is 17.1 Å². The van der Waals surface area contributed by atoms with E-state index in [-0.39, 0.29) is 27.9 Å². The van der Waals surface area contributed by atoms with Crippen molar-refractivity contribution in [3.8, 4) is 17.2 Å². The largest absolute Gasteiger partial charge is 0.453 e. The zero-order valence-electron chi connectivity index (χ0n) is 19.4. The summed E-state index contributed by atoms with van der Waals surface area (Å²) in [5, 5.41) is -0.167. The van der Waals surface area contributed by atoms with Gasteiger partial charge in [0.05, 0.1) is 15.4 Å². The fraction of sp³-hybridized carbons (Fsp3) is 0.185. The van der Waals surface area contributed by atoms with E-state index in [0.29, 0.717) is 4.47 Å². The third kappa shape index (κ3) is 5.31. The smallest absolute Gasteiger partial charge is 0.448 e. The van der Waals surface area contributed by atoms with Crippen molar-refractivity contribution in [2.24, 2.45) is 0 Å². The van der Waals surface area contributed by atoms with Gasteiger partial charge in [-0.15, -0.1) is 0 Å². The Bertz CT molecular complexity index is 1500. The SMILES string of the molecule is CC(C)(C)c1ccc(C(=O)Oc2ccc3c(=O)c(Oc4ccccc4Br)c(C(F)(F)F)oc3c2)cc1. The highest BCUT2D eigenvalue weighted by Crippen LogP contribution is 2.40. The van der Waals surface area contributed by atoms with Crippen LogP contribution in [0.15, 0.2) is 80.4 Å². The average molecular weight is 561 g/mol. The third-order valence-corrected chi connectivity index (χ3v) is 5.98. The third-order valence-electron chi connectivity index (χ3n) is 5.33. The molecule has 1 heterocycles.